The van der Waals surface area contributed by atoms with E-state index in [2.05, 4.69) is 27.0 Å². The first-order valence-corrected chi connectivity index (χ1v) is 8.61. The first kappa shape index (κ1) is 17.2. The zero-order chi connectivity index (χ0) is 17.8. The lowest BCUT2D eigenvalue weighted by atomic mass is 10.1. The Labute approximate surface area is 151 Å². The zero-order valence-corrected chi connectivity index (χ0v) is 15.5. The molecule has 0 aliphatic rings. The summed E-state index contributed by atoms with van der Waals surface area (Å²) in [7, 11) is 5.28. The molecule has 7 heteroatoms. The van der Waals surface area contributed by atoms with Crippen molar-refractivity contribution in [3.8, 4) is 22.2 Å². The number of ether oxygens (including phenoxy) is 2. The van der Waals surface area contributed by atoms with E-state index in [1.165, 1.54) is 11.3 Å². The maximum atomic E-state index is 5.40. The Morgan fingerprint density at radius 3 is 2.52 bits per heavy atom. The van der Waals surface area contributed by atoms with Crippen LogP contribution in [-0.4, -0.2) is 36.4 Å². The fourth-order valence-electron chi connectivity index (χ4n) is 2.48. The molecular weight excluding hydrogens is 336 g/mol. The minimum absolute atomic E-state index is 0.697. The smallest absolute Gasteiger partial charge is 0.208 e. The van der Waals surface area contributed by atoms with E-state index in [4.69, 9.17) is 9.47 Å². The van der Waals surface area contributed by atoms with E-state index in [-0.39, 0.29) is 0 Å². The highest BCUT2D eigenvalue weighted by Crippen LogP contribution is 2.32. The van der Waals surface area contributed by atoms with Crippen LogP contribution in [0.4, 0.5) is 5.13 Å². The zero-order valence-electron chi connectivity index (χ0n) is 14.7. The summed E-state index contributed by atoms with van der Waals surface area (Å²) in [6, 6.07) is 9.76. The quantitative estimate of drug-likeness (QED) is 0.673. The summed E-state index contributed by atoms with van der Waals surface area (Å²) in [6.07, 6.45) is 1.76. The lowest BCUT2D eigenvalue weighted by Crippen LogP contribution is -2.17. The van der Waals surface area contributed by atoms with Crippen LogP contribution in [0.15, 0.2) is 36.5 Å². The minimum Gasteiger partial charge on any atom is -0.493 e. The molecule has 3 rings (SSSR count). The molecule has 0 N–H and O–H groups in total. The highest BCUT2D eigenvalue weighted by molar-refractivity contribution is 7.18. The van der Waals surface area contributed by atoms with Gasteiger partial charge in [-0.25, -0.2) is 0 Å². The lowest BCUT2D eigenvalue weighted by molar-refractivity contribution is 0.354. The Morgan fingerprint density at radius 1 is 1.08 bits per heavy atom. The van der Waals surface area contributed by atoms with E-state index >= 15 is 0 Å². The van der Waals surface area contributed by atoms with Gasteiger partial charge >= 0.3 is 0 Å². The number of hydrogen-bond donors (Lipinski definition) is 0. The van der Waals surface area contributed by atoms with E-state index in [0.29, 0.717) is 6.54 Å². The maximum absolute atomic E-state index is 5.40. The summed E-state index contributed by atoms with van der Waals surface area (Å²) in [5.41, 5.74) is 3.12. The van der Waals surface area contributed by atoms with Crippen molar-refractivity contribution in [3.05, 3.63) is 47.7 Å². The summed E-state index contributed by atoms with van der Waals surface area (Å²) in [5.74, 6) is 1.46. The molecule has 2 heterocycles. The van der Waals surface area contributed by atoms with Crippen molar-refractivity contribution in [1.82, 2.24) is 15.2 Å². The molecule has 0 amide bonds. The van der Waals surface area contributed by atoms with Gasteiger partial charge in [-0.1, -0.05) is 17.4 Å². The molecule has 1 aromatic carbocycles. The molecule has 25 heavy (non-hydrogen) atoms. The van der Waals surface area contributed by atoms with Crippen LogP contribution in [0, 0.1) is 6.92 Å². The average molecular weight is 356 g/mol. The lowest BCUT2D eigenvalue weighted by Gasteiger charge is -2.18. The number of rotatable bonds is 6. The van der Waals surface area contributed by atoms with Gasteiger partial charge < -0.3 is 14.4 Å². The topological polar surface area (TPSA) is 60.4 Å². The standard InChI is InChI=1S/C18H20N4O2S/c1-12-9-15(23-3)16(24-4)10-13(12)11-22(2)18-21-20-17(25-18)14-7-5-6-8-19-14/h5-10H,11H2,1-4H3. The monoisotopic (exact) mass is 356 g/mol. The number of methoxy groups -OCH3 is 2. The van der Waals surface area contributed by atoms with E-state index in [1.54, 1.807) is 20.4 Å². The molecule has 0 radical (unpaired) electrons. The number of nitrogens with zero attached hydrogens (tertiary/aromatic N) is 4. The van der Waals surface area contributed by atoms with Crippen LogP contribution < -0.4 is 14.4 Å². The highest BCUT2D eigenvalue weighted by Gasteiger charge is 2.14. The molecule has 0 unspecified atom stereocenters. The van der Waals surface area contributed by atoms with Crippen molar-refractivity contribution < 1.29 is 9.47 Å². The number of aromatic nitrogens is 3. The van der Waals surface area contributed by atoms with Crippen LogP contribution in [0.3, 0.4) is 0 Å². The maximum Gasteiger partial charge on any atom is 0.208 e. The predicted molar refractivity (Wildman–Crippen MR) is 99.5 cm³/mol. The van der Waals surface area contributed by atoms with Gasteiger partial charge in [0.1, 0.15) is 5.69 Å². The van der Waals surface area contributed by atoms with Crippen LogP contribution in [0.5, 0.6) is 11.5 Å². The van der Waals surface area contributed by atoms with Gasteiger partial charge in [-0.3, -0.25) is 4.98 Å². The number of pyridine rings is 1. The second-order valence-electron chi connectivity index (χ2n) is 5.59. The molecule has 130 valence electrons. The third-order valence-electron chi connectivity index (χ3n) is 3.87. The van der Waals surface area contributed by atoms with Gasteiger partial charge in [-0.15, -0.1) is 10.2 Å². The molecule has 0 atom stereocenters. The van der Waals surface area contributed by atoms with Gasteiger partial charge in [-0.2, -0.15) is 0 Å². The Hall–Kier alpha value is -2.67. The fraction of sp³-hybridized carbons (Fsp3) is 0.278. The fourth-order valence-corrected chi connectivity index (χ4v) is 3.26. The second-order valence-corrected chi connectivity index (χ2v) is 6.55. The van der Waals surface area contributed by atoms with Gasteiger partial charge in [0.2, 0.25) is 5.13 Å². The molecule has 3 aromatic rings. The van der Waals surface area contributed by atoms with Crippen LogP contribution in [0.2, 0.25) is 0 Å². The first-order chi connectivity index (χ1) is 12.1. The molecule has 0 spiro atoms. The Balaban J connectivity index is 1.81. The van der Waals surface area contributed by atoms with Crippen molar-refractivity contribution in [1.29, 1.82) is 0 Å². The SMILES string of the molecule is COc1cc(C)c(CN(C)c2nnc(-c3ccccn3)s2)cc1OC. The van der Waals surface area contributed by atoms with Crippen molar-refractivity contribution in [2.75, 3.05) is 26.2 Å². The molecule has 0 saturated heterocycles. The number of anilines is 1. The van der Waals surface area contributed by atoms with Gasteiger partial charge in [0.25, 0.3) is 0 Å². The largest absolute Gasteiger partial charge is 0.493 e. The molecule has 0 saturated carbocycles. The average Bonchev–Trinajstić information content (AvgIpc) is 3.14. The van der Waals surface area contributed by atoms with Crippen molar-refractivity contribution in [3.63, 3.8) is 0 Å². The number of benzene rings is 1. The first-order valence-electron chi connectivity index (χ1n) is 7.80. The summed E-state index contributed by atoms with van der Waals surface area (Å²) < 4.78 is 10.8. The van der Waals surface area contributed by atoms with Crippen molar-refractivity contribution in [2.24, 2.45) is 0 Å². The molecule has 0 aliphatic carbocycles. The third-order valence-corrected chi connectivity index (χ3v) is 4.93. The van der Waals surface area contributed by atoms with Crippen LogP contribution in [-0.2, 0) is 6.54 Å². The third kappa shape index (κ3) is 3.71. The van der Waals surface area contributed by atoms with Gasteiger partial charge in [0.05, 0.1) is 14.2 Å². The Morgan fingerprint density at radius 2 is 1.84 bits per heavy atom. The molecule has 0 bridgehead atoms. The number of aryl methyl sites for hydroxylation is 1. The van der Waals surface area contributed by atoms with Gasteiger partial charge in [0.15, 0.2) is 16.5 Å². The van der Waals surface area contributed by atoms with Crippen LogP contribution in [0.25, 0.3) is 10.7 Å². The van der Waals surface area contributed by atoms with Gasteiger partial charge in [-0.05, 0) is 42.3 Å². The van der Waals surface area contributed by atoms with Crippen LogP contribution in [0.1, 0.15) is 11.1 Å². The van der Waals surface area contributed by atoms with Crippen LogP contribution >= 0.6 is 11.3 Å². The Bertz CT molecular complexity index is 852. The highest BCUT2D eigenvalue weighted by atomic mass is 32.1. The molecular formula is C18H20N4O2S. The predicted octanol–water partition coefficient (Wildman–Crippen LogP) is 3.56. The van der Waals surface area contributed by atoms with Crippen molar-refractivity contribution in [2.45, 2.75) is 13.5 Å². The summed E-state index contributed by atoms with van der Waals surface area (Å²) in [5, 5.41) is 10.2. The van der Waals surface area contributed by atoms with Crippen molar-refractivity contribution >= 4 is 16.5 Å². The van der Waals surface area contributed by atoms with E-state index < -0.39 is 0 Å². The summed E-state index contributed by atoms with van der Waals surface area (Å²) >= 11 is 1.52. The van der Waals surface area contributed by atoms with E-state index in [1.807, 2.05) is 37.4 Å². The van der Waals surface area contributed by atoms with E-state index in [9.17, 15) is 0 Å². The molecule has 0 fully saturated rings. The van der Waals surface area contributed by atoms with E-state index in [0.717, 1.165) is 38.5 Å². The second kappa shape index (κ2) is 7.48. The number of hydrogen-bond acceptors (Lipinski definition) is 7. The molecule has 2 aromatic heterocycles. The minimum atomic E-state index is 0.697. The summed E-state index contributed by atoms with van der Waals surface area (Å²) in [6.45, 7) is 2.76. The van der Waals surface area contributed by atoms with Gasteiger partial charge in [0, 0.05) is 19.8 Å². The summed E-state index contributed by atoms with van der Waals surface area (Å²) in [4.78, 5) is 6.39. The normalized spacial score (nSPS) is 10.6. The molecule has 6 nitrogen and oxygen atoms in total. The molecule has 0 aliphatic heterocycles. The Kier molecular flexibility index (Phi) is 5.14.